The molecule has 4 rings (SSSR count). The number of carbonyl (C=O) groups excluding carboxylic acids is 1. The van der Waals surface area contributed by atoms with Gasteiger partial charge in [0.2, 0.25) is 0 Å². The number of allylic oxidation sites excluding steroid dienone is 1. The first-order chi connectivity index (χ1) is 16.5. The summed E-state index contributed by atoms with van der Waals surface area (Å²) in [7, 11) is 0. The van der Waals surface area contributed by atoms with Crippen LogP contribution in [0.15, 0.2) is 11.6 Å². The van der Waals surface area contributed by atoms with Gasteiger partial charge in [-0.3, -0.25) is 9.59 Å². The number of rotatable bonds is 9. The molecule has 0 aromatic rings. The van der Waals surface area contributed by atoms with Crippen molar-refractivity contribution in [1.29, 1.82) is 0 Å². The lowest BCUT2D eigenvalue weighted by molar-refractivity contribution is -0.154. The molecule has 0 unspecified atom stereocenters. The van der Waals surface area contributed by atoms with Crippen molar-refractivity contribution in [3.63, 3.8) is 0 Å². The molecule has 8 atom stereocenters. The molecular formula is C31H50O4. The average Bonchev–Trinajstić information content (AvgIpc) is 3.15. The predicted octanol–water partition coefficient (Wildman–Crippen LogP) is 7.80. The Balaban J connectivity index is 1.40. The van der Waals surface area contributed by atoms with E-state index in [4.69, 9.17) is 9.84 Å². The van der Waals surface area contributed by atoms with Gasteiger partial charge in [-0.25, -0.2) is 0 Å². The summed E-state index contributed by atoms with van der Waals surface area (Å²) >= 11 is 0. The molecule has 0 radical (unpaired) electrons. The van der Waals surface area contributed by atoms with Gasteiger partial charge in [-0.05, 0) is 91.3 Å². The normalized spacial score (nSPS) is 39.3. The zero-order valence-corrected chi connectivity index (χ0v) is 23.0. The zero-order valence-electron chi connectivity index (χ0n) is 23.0. The Morgan fingerprint density at radius 3 is 2.51 bits per heavy atom. The van der Waals surface area contributed by atoms with E-state index in [9.17, 15) is 9.59 Å². The maximum Gasteiger partial charge on any atom is 0.306 e. The minimum Gasteiger partial charge on any atom is -0.481 e. The standard InChI is InChI=1S/C31H50O4/c1-20(2)7-6-8-21(3)25-11-12-26-24-10-9-22-19-23(35-29(34)14-13-28(32)33)15-17-30(22,4)27(24)16-18-31(25,26)5/h9,20-21,23-27H,6-8,10-19H2,1-5H3,(H,32,33)/t21-,23+,24-,25+,26-,27-,30+,31+/m1/s1. The molecule has 0 aromatic carbocycles. The van der Waals surface area contributed by atoms with Gasteiger partial charge in [0.1, 0.15) is 6.10 Å². The summed E-state index contributed by atoms with van der Waals surface area (Å²) in [6, 6.07) is 0. The van der Waals surface area contributed by atoms with E-state index in [-0.39, 0.29) is 30.3 Å². The molecule has 0 heterocycles. The van der Waals surface area contributed by atoms with Gasteiger partial charge in [-0.2, -0.15) is 0 Å². The summed E-state index contributed by atoms with van der Waals surface area (Å²) in [5, 5.41) is 8.84. The van der Waals surface area contributed by atoms with Crippen LogP contribution in [-0.4, -0.2) is 23.1 Å². The van der Waals surface area contributed by atoms with Gasteiger partial charge >= 0.3 is 11.9 Å². The molecule has 0 saturated heterocycles. The van der Waals surface area contributed by atoms with E-state index in [0.29, 0.717) is 5.41 Å². The van der Waals surface area contributed by atoms with Crippen molar-refractivity contribution in [2.45, 2.75) is 124 Å². The zero-order chi connectivity index (χ0) is 25.4. The SMILES string of the molecule is CC(C)CCC[C@@H](C)[C@@H]1CC[C@@H]2[C@H]3CC=C4C[C@@H](OC(=O)CCC(=O)O)CC[C@]4(C)[C@@H]3CC[C@]21C. The van der Waals surface area contributed by atoms with Crippen molar-refractivity contribution in [1.82, 2.24) is 0 Å². The molecule has 0 aromatic heterocycles. The van der Waals surface area contributed by atoms with Gasteiger partial charge in [0.25, 0.3) is 0 Å². The van der Waals surface area contributed by atoms with E-state index in [1.54, 1.807) is 0 Å². The third-order valence-corrected chi connectivity index (χ3v) is 11.1. The second-order valence-corrected chi connectivity index (χ2v) is 13.5. The number of carboxylic acid groups (broad SMARTS) is 1. The Morgan fingerprint density at radius 2 is 1.80 bits per heavy atom. The van der Waals surface area contributed by atoms with Crippen molar-refractivity contribution in [3.8, 4) is 0 Å². The highest BCUT2D eigenvalue weighted by molar-refractivity contribution is 5.76. The number of hydrogen-bond donors (Lipinski definition) is 1. The first-order valence-electron chi connectivity index (χ1n) is 14.7. The molecule has 3 fully saturated rings. The molecule has 4 nitrogen and oxygen atoms in total. The van der Waals surface area contributed by atoms with Gasteiger partial charge < -0.3 is 9.84 Å². The molecular weight excluding hydrogens is 436 g/mol. The van der Waals surface area contributed by atoms with Crippen molar-refractivity contribution >= 4 is 11.9 Å². The molecule has 0 amide bonds. The molecule has 3 saturated carbocycles. The van der Waals surface area contributed by atoms with Crippen LogP contribution in [0.4, 0.5) is 0 Å². The topological polar surface area (TPSA) is 63.6 Å². The van der Waals surface area contributed by atoms with E-state index >= 15 is 0 Å². The highest BCUT2D eigenvalue weighted by Gasteiger charge is 2.59. The highest BCUT2D eigenvalue weighted by Crippen LogP contribution is 2.67. The molecule has 35 heavy (non-hydrogen) atoms. The third kappa shape index (κ3) is 5.37. The van der Waals surface area contributed by atoms with E-state index in [2.05, 4.69) is 40.7 Å². The van der Waals surface area contributed by atoms with Crippen LogP contribution in [-0.2, 0) is 14.3 Å². The minimum absolute atomic E-state index is 0.0236. The highest BCUT2D eigenvalue weighted by atomic mass is 16.5. The number of ether oxygens (including phenoxy) is 1. The predicted molar refractivity (Wildman–Crippen MR) is 140 cm³/mol. The van der Waals surface area contributed by atoms with Crippen molar-refractivity contribution in [2.24, 2.45) is 46.3 Å². The summed E-state index contributed by atoms with van der Waals surface area (Å²) in [6.45, 7) is 12.4. The fraction of sp³-hybridized carbons (Fsp3) is 0.871. The third-order valence-electron chi connectivity index (χ3n) is 11.1. The Kier molecular flexibility index (Phi) is 8.08. The van der Waals surface area contributed by atoms with Crippen molar-refractivity contribution in [3.05, 3.63) is 11.6 Å². The van der Waals surface area contributed by atoms with Crippen molar-refractivity contribution < 1.29 is 19.4 Å². The fourth-order valence-corrected chi connectivity index (χ4v) is 9.21. The number of carboxylic acids is 1. The van der Waals surface area contributed by atoms with E-state index in [1.807, 2.05) is 0 Å². The van der Waals surface area contributed by atoms with Gasteiger partial charge in [0.05, 0.1) is 12.8 Å². The summed E-state index contributed by atoms with van der Waals surface area (Å²) < 4.78 is 5.70. The quantitative estimate of drug-likeness (QED) is 0.267. The van der Waals surface area contributed by atoms with Crippen LogP contribution >= 0.6 is 0 Å². The van der Waals surface area contributed by atoms with E-state index in [0.717, 1.165) is 54.8 Å². The molecule has 0 bridgehead atoms. The Bertz CT molecular complexity index is 815. The van der Waals surface area contributed by atoms with E-state index in [1.165, 1.54) is 56.9 Å². The molecule has 4 aliphatic rings. The molecule has 4 aliphatic carbocycles. The second kappa shape index (κ2) is 10.6. The molecule has 4 heteroatoms. The summed E-state index contributed by atoms with van der Waals surface area (Å²) in [4.78, 5) is 22.9. The first kappa shape index (κ1) is 26.7. The molecule has 0 aliphatic heterocycles. The van der Waals surface area contributed by atoms with Gasteiger partial charge in [0.15, 0.2) is 0 Å². The van der Waals surface area contributed by atoms with Crippen LogP contribution < -0.4 is 0 Å². The monoisotopic (exact) mass is 486 g/mol. The second-order valence-electron chi connectivity index (χ2n) is 13.5. The molecule has 198 valence electrons. The van der Waals surface area contributed by atoms with Crippen LogP contribution in [0.5, 0.6) is 0 Å². The molecule has 0 spiro atoms. The van der Waals surface area contributed by atoms with Gasteiger partial charge in [-0.1, -0.05) is 65.5 Å². The Labute approximate surface area is 213 Å². The van der Waals surface area contributed by atoms with E-state index < -0.39 is 5.97 Å². The van der Waals surface area contributed by atoms with Gasteiger partial charge in [0, 0.05) is 6.42 Å². The van der Waals surface area contributed by atoms with Crippen molar-refractivity contribution in [2.75, 3.05) is 0 Å². The summed E-state index contributed by atoms with van der Waals surface area (Å²) in [6.07, 6.45) is 16.0. The maximum absolute atomic E-state index is 12.1. The van der Waals surface area contributed by atoms with Crippen LogP contribution in [0.25, 0.3) is 0 Å². The largest absolute Gasteiger partial charge is 0.481 e. The number of hydrogen-bond acceptors (Lipinski definition) is 3. The lowest BCUT2D eigenvalue weighted by atomic mass is 9.47. The lowest BCUT2D eigenvalue weighted by Crippen LogP contribution is -2.51. The van der Waals surface area contributed by atoms with Crippen LogP contribution in [0.1, 0.15) is 118 Å². The number of aliphatic carboxylic acids is 1. The molecule has 1 N–H and O–H groups in total. The minimum atomic E-state index is -0.942. The van der Waals surface area contributed by atoms with Crippen LogP contribution in [0, 0.1) is 46.3 Å². The number of carbonyl (C=O) groups is 2. The lowest BCUT2D eigenvalue weighted by Gasteiger charge is -2.58. The Morgan fingerprint density at radius 1 is 1.03 bits per heavy atom. The maximum atomic E-state index is 12.1. The summed E-state index contributed by atoms with van der Waals surface area (Å²) in [5.74, 6) is 3.68. The smallest absolute Gasteiger partial charge is 0.306 e. The average molecular weight is 487 g/mol. The van der Waals surface area contributed by atoms with Crippen LogP contribution in [0.3, 0.4) is 0 Å². The van der Waals surface area contributed by atoms with Crippen LogP contribution in [0.2, 0.25) is 0 Å². The number of fused-ring (bicyclic) bond motifs is 5. The van der Waals surface area contributed by atoms with Gasteiger partial charge in [-0.15, -0.1) is 0 Å². The first-order valence-corrected chi connectivity index (χ1v) is 14.7. The number of esters is 1. The summed E-state index contributed by atoms with van der Waals surface area (Å²) in [5.41, 5.74) is 2.27. The fourth-order valence-electron chi connectivity index (χ4n) is 9.21. The Hall–Kier alpha value is -1.32.